The molecule has 0 radical (unpaired) electrons. The number of nitrogens with one attached hydrogen (secondary N) is 1. The van der Waals surface area contributed by atoms with Crippen LogP contribution in [0.15, 0.2) is 30.3 Å². The van der Waals surface area contributed by atoms with Crippen molar-refractivity contribution in [3.8, 4) is 0 Å². The largest absolute Gasteiger partial charge is 0.394 e. The van der Waals surface area contributed by atoms with Gasteiger partial charge in [0.15, 0.2) is 0 Å². The zero-order valence-electron chi connectivity index (χ0n) is 11.9. The number of carbonyl (C=O) groups excluding carboxylic acids is 1. The van der Waals surface area contributed by atoms with Crippen LogP contribution in [0.25, 0.3) is 6.08 Å². The molecule has 3 nitrogen and oxygen atoms in total. The Balaban J connectivity index is 2.58. The van der Waals surface area contributed by atoms with Gasteiger partial charge < -0.3 is 10.4 Å². The molecule has 0 aliphatic carbocycles. The molecule has 0 saturated carbocycles. The monoisotopic (exact) mass is 261 g/mol. The van der Waals surface area contributed by atoms with Gasteiger partial charge in [0, 0.05) is 6.08 Å². The van der Waals surface area contributed by atoms with Gasteiger partial charge in [0.05, 0.1) is 12.6 Å². The molecule has 0 heterocycles. The van der Waals surface area contributed by atoms with Crippen LogP contribution in [0.1, 0.15) is 44.2 Å². The molecule has 0 saturated heterocycles. The number of benzene rings is 1. The van der Waals surface area contributed by atoms with Gasteiger partial charge in [0.2, 0.25) is 5.91 Å². The third-order valence-corrected chi connectivity index (χ3v) is 3.09. The quantitative estimate of drug-likeness (QED) is 0.774. The van der Waals surface area contributed by atoms with Crippen molar-refractivity contribution in [1.82, 2.24) is 5.32 Å². The van der Waals surface area contributed by atoms with Crippen molar-refractivity contribution in [2.75, 3.05) is 6.61 Å². The standard InChI is InChI=1S/C16H23NO2/c1-4-15(11-18)17-16(19)10-7-13-5-8-14(9-6-13)12(2)3/h5-10,12,15,18H,4,11H2,1-3H3,(H,17,19)/b10-7+/t15-/m1/s1. The van der Waals surface area contributed by atoms with Gasteiger partial charge in [0.25, 0.3) is 0 Å². The Morgan fingerprint density at radius 3 is 2.42 bits per heavy atom. The maximum atomic E-state index is 11.6. The molecule has 2 N–H and O–H groups in total. The zero-order chi connectivity index (χ0) is 14.3. The van der Waals surface area contributed by atoms with Crippen molar-refractivity contribution in [2.24, 2.45) is 0 Å². The summed E-state index contributed by atoms with van der Waals surface area (Å²) in [5, 5.41) is 11.7. The second-order valence-corrected chi connectivity index (χ2v) is 4.95. The predicted molar refractivity (Wildman–Crippen MR) is 78.9 cm³/mol. The van der Waals surface area contributed by atoms with Gasteiger partial charge in [0.1, 0.15) is 0 Å². The molecule has 0 aliphatic heterocycles. The Bertz CT molecular complexity index is 417. The van der Waals surface area contributed by atoms with Crippen LogP contribution in [0, 0.1) is 0 Å². The fourth-order valence-electron chi connectivity index (χ4n) is 1.69. The lowest BCUT2D eigenvalue weighted by atomic mass is 10.0. The van der Waals surface area contributed by atoms with Gasteiger partial charge in [-0.3, -0.25) is 4.79 Å². The molecule has 0 fully saturated rings. The van der Waals surface area contributed by atoms with Gasteiger partial charge in [-0.05, 0) is 29.5 Å². The van der Waals surface area contributed by atoms with Crippen molar-refractivity contribution >= 4 is 12.0 Å². The van der Waals surface area contributed by atoms with Crippen LogP contribution in [0.4, 0.5) is 0 Å². The highest BCUT2D eigenvalue weighted by Gasteiger charge is 2.05. The number of hydrogen-bond acceptors (Lipinski definition) is 2. The highest BCUT2D eigenvalue weighted by molar-refractivity contribution is 5.91. The molecule has 0 bridgehead atoms. The first-order chi connectivity index (χ1) is 9.06. The lowest BCUT2D eigenvalue weighted by Crippen LogP contribution is -2.35. The Hall–Kier alpha value is -1.61. The first kappa shape index (κ1) is 15.4. The fourth-order valence-corrected chi connectivity index (χ4v) is 1.69. The summed E-state index contributed by atoms with van der Waals surface area (Å²) >= 11 is 0. The summed E-state index contributed by atoms with van der Waals surface area (Å²) < 4.78 is 0. The van der Waals surface area contributed by atoms with Crippen LogP contribution in [0.5, 0.6) is 0 Å². The summed E-state index contributed by atoms with van der Waals surface area (Å²) in [6.07, 6.45) is 4.01. The maximum Gasteiger partial charge on any atom is 0.244 e. The summed E-state index contributed by atoms with van der Waals surface area (Å²) in [5.41, 5.74) is 2.28. The maximum absolute atomic E-state index is 11.6. The summed E-state index contributed by atoms with van der Waals surface area (Å²) in [7, 11) is 0. The Morgan fingerprint density at radius 2 is 1.95 bits per heavy atom. The predicted octanol–water partition coefficient (Wildman–Crippen LogP) is 2.71. The highest BCUT2D eigenvalue weighted by atomic mass is 16.3. The van der Waals surface area contributed by atoms with E-state index in [1.165, 1.54) is 11.6 Å². The van der Waals surface area contributed by atoms with E-state index in [0.29, 0.717) is 5.92 Å². The molecule has 1 aromatic carbocycles. The van der Waals surface area contributed by atoms with E-state index in [4.69, 9.17) is 5.11 Å². The highest BCUT2D eigenvalue weighted by Crippen LogP contribution is 2.15. The fraction of sp³-hybridized carbons (Fsp3) is 0.438. The van der Waals surface area contributed by atoms with E-state index in [9.17, 15) is 4.79 Å². The van der Waals surface area contributed by atoms with Crippen molar-refractivity contribution < 1.29 is 9.90 Å². The number of rotatable bonds is 6. The van der Waals surface area contributed by atoms with Crippen molar-refractivity contribution in [1.29, 1.82) is 0 Å². The normalized spacial score (nSPS) is 12.9. The number of amides is 1. The molecule has 1 amide bonds. The zero-order valence-corrected chi connectivity index (χ0v) is 11.9. The molecule has 0 unspecified atom stereocenters. The topological polar surface area (TPSA) is 49.3 Å². The molecular formula is C16H23NO2. The summed E-state index contributed by atoms with van der Waals surface area (Å²) in [5.74, 6) is 0.338. The lowest BCUT2D eigenvalue weighted by Gasteiger charge is -2.11. The van der Waals surface area contributed by atoms with Crippen molar-refractivity contribution in [2.45, 2.75) is 39.2 Å². The van der Waals surface area contributed by atoms with E-state index in [0.717, 1.165) is 12.0 Å². The average Bonchev–Trinajstić information content (AvgIpc) is 2.43. The molecule has 1 rings (SSSR count). The first-order valence-corrected chi connectivity index (χ1v) is 6.76. The van der Waals surface area contributed by atoms with E-state index in [1.807, 2.05) is 19.1 Å². The molecule has 0 aromatic heterocycles. The Morgan fingerprint density at radius 1 is 1.32 bits per heavy atom. The molecule has 19 heavy (non-hydrogen) atoms. The second kappa shape index (κ2) is 7.74. The number of hydrogen-bond donors (Lipinski definition) is 2. The molecule has 0 spiro atoms. The summed E-state index contributed by atoms with van der Waals surface area (Å²) in [6, 6.07) is 7.99. The summed E-state index contributed by atoms with van der Waals surface area (Å²) in [4.78, 5) is 11.6. The van der Waals surface area contributed by atoms with Crippen LogP contribution in [-0.2, 0) is 4.79 Å². The van der Waals surface area contributed by atoms with Crippen molar-refractivity contribution in [3.63, 3.8) is 0 Å². The molecule has 0 aliphatic rings. The number of carbonyl (C=O) groups is 1. The number of aliphatic hydroxyl groups is 1. The van der Waals surface area contributed by atoms with Gasteiger partial charge in [-0.25, -0.2) is 0 Å². The van der Waals surface area contributed by atoms with Gasteiger partial charge in [-0.15, -0.1) is 0 Å². The lowest BCUT2D eigenvalue weighted by molar-refractivity contribution is -0.117. The second-order valence-electron chi connectivity index (χ2n) is 4.95. The molecule has 1 aromatic rings. The van der Waals surface area contributed by atoms with Gasteiger partial charge in [-0.1, -0.05) is 45.0 Å². The Labute approximate surface area is 115 Å². The minimum Gasteiger partial charge on any atom is -0.394 e. The molecule has 3 heteroatoms. The number of aliphatic hydroxyl groups excluding tert-OH is 1. The van der Waals surface area contributed by atoms with Crippen LogP contribution in [0.2, 0.25) is 0 Å². The van der Waals surface area contributed by atoms with E-state index in [1.54, 1.807) is 6.08 Å². The van der Waals surface area contributed by atoms with Gasteiger partial charge >= 0.3 is 0 Å². The van der Waals surface area contributed by atoms with E-state index in [-0.39, 0.29) is 18.6 Å². The van der Waals surface area contributed by atoms with E-state index >= 15 is 0 Å². The van der Waals surface area contributed by atoms with Crippen LogP contribution in [-0.4, -0.2) is 23.7 Å². The third-order valence-electron chi connectivity index (χ3n) is 3.09. The van der Waals surface area contributed by atoms with E-state index in [2.05, 4.69) is 31.3 Å². The Kier molecular flexibility index (Phi) is 6.30. The van der Waals surface area contributed by atoms with Crippen LogP contribution < -0.4 is 5.32 Å². The first-order valence-electron chi connectivity index (χ1n) is 6.76. The van der Waals surface area contributed by atoms with Gasteiger partial charge in [-0.2, -0.15) is 0 Å². The minimum atomic E-state index is -0.172. The molecule has 1 atom stereocenters. The van der Waals surface area contributed by atoms with E-state index < -0.39 is 0 Å². The van der Waals surface area contributed by atoms with Crippen molar-refractivity contribution in [3.05, 3.63) is 41.5 Å². The van der Waals surface area contributed by atoms with Crippen LogP contribution in [0.3, 0.4) is 0 Å². The SMILES string of the molecule is CC[C@H](CO)NC(=O)/C=C/c1ccc(C(C)C)cc1. The minimum absolute atomic E-state index is 0.0286. The van der Waals surface area contributed by atoms with Crippen LogP contribution >= 0.6 is 0 Å². The molecule has 104 valence electrons. The smallest absolute Gasteiger partial charge is 0.244 e. The molecular weight excluding hydrogens is 238 g/mol. The third kappa shape index (κ3) is 5.26. The average molecular weight is 261 g/mol. The summed E-state index contributed by atoms with van der Waals surface area (Å²) in [6.45, 7) is 6.20.